The summed E-state index contributed by atoms with van der Waals surface area (Å²) in [7, 11) is 6.39. The van der Waals surface area contributed by atoms with E-state index in [4.69, 9.17) is 9.72 Å². The molecular weight excluding hydrogens is 884 g/mol. The SMILES string of the molecule is Cn1[c-][n+](-c2[c-]c(Oc3[c-]c4c(cc3)c3c5c6ccccc6n(C)c5c5c(c6ccccc6n5C)c3n4-c3cc(C(C)(C)C)ccn3)ccc2)c2ccccc21.[Pt]. The molecule has 6 aromatic carbocycles. The van der Waals surface area contributed by atoms with Gasteiger partial charge in [0.1, 0.15) is 5.82 Å². The Labute approximate surface area is 344 Å². The van der Waals surface area contributed by atoms with Gasteiger partial charge in [0.05, 0.1) is 34.6 Å². The van der Waals surface area contributed by atoms with Gasteiger partial charge in [-0.2, -0.15) is 18.2 Å². The van der Waals surface area contributed by atoms with Crippen LogP contribution in [0.15, 0.2) is 121 Å². The fourth-order valence-electron chi connectivity index (χ4n) is 8.94. The summed E-state index contributed by atoms with van der Waals surface area (Å²) in [6.07, 6.45) is 5.36. The van der Waals surface area contributed by atoms with E-state index in [1.165, 1.54) is 54.6 Å². The van der Waals surface area contributed by atoms with Crippen molar-refractivity contribution in [2.75, 3.05) is 0 Å². The molecule has 57 heavy (non-hydrogen) atoms. The normalized spacial score (nSPS) is 12.2. The van der Waals surface area contributed by atoms with E-state index < -0.39 is 0 Å². The Balaban J connectivity index is 0.00000396. The molecule has 5 heterocycles. The molecule has 0 unspecified atom stereocenters. The van der Waals surface area contributed by atoms with Crippen molar-refractivity contribution in [2.45, 2.75) is 26.2 Å². The summed E-state index contributed by atoms with van der Waals surface area (Å²) >= 11 is 0. The van der Waals surface area contributed by atoms with Crippen LogP contribution in [0.4, 0.5) is 0 Å². The van der Waals surface area contributed by atoms with E-state index in [2.05, 4.69) is 146 Å². The second-order valence-electron chi connectivity index (χ2n) is 15.9. The van der Waals surface area contributed by atoms with Crippen molar-refractivity contribution < 1.29 is 30.4 Å². The van der Waals surface area contributed by atoms with Crippen molar-refractivity contribution in [2.24, 2.45) is 21.1 Å². The average Bonchev–Trinajstić information content (AvgIpc) is 3.91. The minimum atomic E-state index is -0.0769. The van der Waals surface area contributed by atoms with E-state index in [0.29, 0.717) is 11.5 Å². The zero-order chi connectivity index (χ0) is 38.0. The number of aromatic nitrogens is 6. The number of aryl methyl sites for hydroxylation is 3. The first-order chi connectivity index (χ1) is 27.2. The van der Waals surface area contributed by atoms with Crippen LogP contribution in [0.5, 0.6) is 11.5 Å². The van der Waals surface area contributed by atoms with Gasteiger partial charge in [0.2, 0.25) is 6.33 Å². The van der Waals surface area contributed by atoms with Crippen LogP contribution in [0.1, 0.15) is 26.3 Å². The van der Waals surface area contributed by atoms with E-state index in [0.717, 1.165) is 39.0 Å². The first-order valence-electron chi connectivity index (χ1n) is 19.0. The number of hydrogen-bond donors (Lipinski definition) is 0. The Morgan fingerprint density at radius 3 is 1.98 bits per heavy atom. The summed E-state index contributed by atoms with van der Waals surface area (Å²) < 4.78 is 17.7. The number of hydrogen-bond acceptors (Lipinski definition) is 2. The van der Waals surface area contributed by atoms with Crippen molar-refractivity contribution in [1.82, 2.24) is 23.3 Å². The number of pyridine rings is 1. The maximum absolute atomic E-state index is 6.67. The molecule has 0 N–H and O–H groups in total. The predicted octanol–water partition coefficient (Wildman–Crippen LogP) is 10.7. The molecule has 8 heteroatoms. The van der Waals surface area contributed by atoms with Gasteiger partial charge >= 0.3 is 0 Å². The van der Waals surface area contributed by atoms with E-state index in [1.54, 1.807) is 0 Å². The molecule has 0 amide bonds. The molecule has 0 aliphatic heterocycles. The van der Waals surface area contributed by atoms with Gasteiger partial charge in [-0.15, -0.1) is 29.7 Å². The van der Waals surface area contributed by atoms with Crippen LogP contribution < -0.4 is 9.30 Å². The van der Waals surface area contributed by atoms with Gasteiger partial charge < -0.3 is 27.6 Å². The van der Waals surface area contributed by atoms with Gasteiger partial charge in [-0.3, -0.25) is 0 Å². The van der Waals surface area contributed by atoms with E-state index >= 15 is 0 Å². The summed E-state index contributed by atoms with van der Waals surface area (Å²) in [5, 5.41) is 7.09. The van der Waals surface area contributed by atoms with E-state index in [9.17, 15) is 0 Å². The molecule has 11 rings (SSSR count). The van der Waals surface area contributed by atoms with Gasteiger partial charge in [-0.05, 0) is 40.6 Å². The van der Waals surface area contributed by atoms with Crippen LogP contribution in [0.25, 0.3) is 88.0 Å². The van der Waals surface area contributed by atoms with Gasteiger partial charge in [0, 0.05) is 85.4 Å². The number of imidazole rings is 1. The minimum absolute atomic E-state index is 0. The van der Waals surface area contributed by atoms with Crippen molar-refractivity contribution in [3.8, 4) is 23.0 Å². The topological polar surface area (TPSA) is 45.7 Å². The standard InChI is InChI=1S/C49H38N6O.Pt/c1-49(2,3)30-24-25-50-42(26-30)55-41-28-33(56-32-15-13-14-31(27-32)54-29-51(4)39-20-11-12-21-40(39)54)22-23-36(41)43-44-34-16-7-9-18-37(34)52(5)47(44)48-45(46(43)55)35-17-8-10-19-38(35)53(48)6;/h7-26H,1-6H3;/q-2;. The third-order valence-electron chi connectivity index (χ3n) is 11.6. The number of fused-ring (bicyclic) bond motifs is 13. The molecule has 0 saturated heterocycles. The molecule has 0 atom stereocenters. The third-order valence-corrected chi connectivity index (χ3v) is 11.6. The maximum atomic E-state index is 6.67. The molecule has 11 aromatic rings. The van der Waals surface area contributed by atoms with E-state index in [1.807, 2.05) is 58.8 Å². The molecule has 5 aromatic heterocycles. The largest absolute Gasteiger partial charge is 0.510 e. The molecule has 0 radical (unpaired) electrons. The second-order valence-corrected chi connectivity index (χ2v) is 15.9. The molecule has 7 nitrogen and oxygen atoms in total. The van der Waals surface area contributed by atoms with Crippen molar-refractivity contribution >= 4 is 76.5 Å². The van der Waals surface area contributed by atoms with Gasteiger partial charge in [-0.1, -0.05) is 92.6 Å². The van der Waals surface area contributed by atoms with Crippen LogP contribution in [-0.4, -0.2) is 23.3 Å². The van der Waals surface area contributed by atoms with Crippen molar-refractivity contribution in [3.05, 3.63) is 145 Å². The first kappa shape index (κ1) is 35.3. The number of para-hydroxylation sites is 4. The summed E-state index contributed by atoms with van der Waals surface area (Å²) in [6.45, 7) is 6.74. The molecule has 0 spiro atoms. The maximum Gasteiger partial charge on any atom is 0.242 e. The smallest absolute Gasteiger partial charge is 0.242 e. The Morgan fingerprint density at radius 1 is 0.614 bits per heavy atom. The third kappa shape index (κ3) is 5.08. The molecule has 0 bridgehead atoms. The van der Waals surface area contributed by atoms with Crippen molar-refractivity contribution in [1.29, 1.82) is 0 Å². The van der Waals surface area contributed by atoms with Crippen LogP contribution in [-0.2, 0) is 47.6 Å². The first-order valence-corrected chi connectivity index (χ1v) is 19.0. The molecule has 0 aliphatic carbocycles. The molecule has 282 valence electrons. The molecule has 0 fully saturated rings. The number of ether oxygens (including phenoxy) is 1. The van der Waals surface area contributed by atoms with Crippen LogP contribution >= 0.6 is 0 Å². The van der Waals surface area contributed by atoms with E-state index in [-0.39, 0.29) is 26.5 Å². The zero-order valence-electron chi connectivity index (χ0n) is 32.5. The monoisotopic (exact) mass is 921 g/mol. The molecular formula is C49H38N6OPt-2. The summed E-state index contributed by atoms with van der Waals surface area (Å²) in [6, 6.07) is 47.6. The minimum Gasteiger partial charge on any atom is -0.510 e. The number of rotatable bonds is 4. The van der Waals surface area contributed by atoms with Crippen molar-refractivity contribution in [3.63, 3.8) is 0 Å². The number of benzene rings is 6. The van der Waals surface area contributed by atoms with Crippen LogP contribution in [0.2, 0.25) is 0 Å². The molecule has 0 aliphatic rings. The fraction of sp³-hybridized carbons (Fsp3) is 0.143. The molecule has 0 saturated carbocycles. The Hall–Kier alpha value is -6.17. The average molecular weight is 922 g/mol. The quantitative estimate of drug-likeness (QED) is 0.130. The van der Waals surface area contributed by atoms with Gasteiger partial charge in [-0.25, -0.2) is 4.98 Å². The van der Waals surface area contributed by atoms with Gasteiger partial charge in [0.25, 0.3) is 0 Å². The summed E-state index contributed by atoms with van der Waals surface area (Å²) in [5.41, 5.74) is 10.9. The zero-order valence-corrected chi connectivity index (χ0v) is 34.7. The van der Waals surface area contributed by atoms with Gasteiger partial charge in [0.15, 0.2) is 0 Å². The van der Waals surface area contributed by atoms with Crippen LogP contribution in [0.3, 0.4) is 0 Å². The van der Waals surface area contributed by atoms with Crippen LogP contribution in [0, 0.1) is 18.5 Å². The second kappa shape index (κ2) is 12.7. The fourth-order valence-corrected chi connectivity index (χ4v) is 8.94. The Kier molecular flexibility index (Phi) is 7.84. The predicted molar refractivity (Wildman–Crippen MR) is 226 cm³/mol. The summed E-state index contributed by atoms with van der Waals surface area (Å²) in [4.78, 5) is 5.10. The Morgan fingerprint density at radius 2 is 1.25 bits per heavy atom. The number of nitrogens with zero attached hydrogens (tertiary/aromatic N) is 6. The Bertz CT molecular complexity index is 3430. The summed E-state index contributed by atoms with van der Waals surface area (Å²) in [5.74, 6) is 2.03.